The van der Waals surface area contributed by atoms with Crippen molar-refractivity contribution in [1.82, 2.24) is 0 Å². The molecule has 6 N–H and O–H groups in total. The molecule has 0 atom stereocenters. The van der Waals surface area contributed by atoms with E-state index in [1.807, 2.05) is 12.1 Å². The van der Waals surface area contributed by atoms with E-state index in [9.17, 15) is 30.3 Å². The standard InChI is InChI=1S/C20H18N4O4/c1-9-13(11(7-21)5-15(17(9)23)19(25)26)3-4-14-10(2)18(24)16(20(27)28)6-12(14)8-22/h5-6H,3-4,23-24H2,1-2H3,(H,25,26)(H,27,28). The van der Waals surface area contributed by atoms with E-state index in [1.54, 1.807) is 13.8 Å². The van der Waals surface area contributed by atoms with Gasteiger partial charge in [0, 0.05) is 11.4 Å². The lowest BCUT2D eigenvalue weighted by Crippen LogP contribution is -2.11. The molecule has 0 aliphatic carbocycles. The fraction of sp³-hybridized carbons (Fsp3) is 0.200. The van der Waals surface area contributed by atoms with E-state index in [4.69, 9.17) is 11.5 Å². The zero-order valence-corrected chi connectivity index (χ0v) is 15.3. The molecule has 0 amide bonds. The first-order valence-electron chi connectivity index (χ1n) is 8.24. The summed E-state index contributed by atoms with van der Waals surface area (Å²) in [7, 11) is 0. The summed E-state index contributed by atoms with van der Waals surface area (Å²) in [6.07, 6.45) is 0.612. The summed E-state index contributed by atoms with van der Waals surface area (Å²) < 4.78 is 0. The highest BCUT2D eigenvalue weighted by Crippen LogP contribution is 2.29. The topological polar surface area (TPSA) is 174 Å². The number of carbonyl (C=O) groups is 2. The van der Waals surface area contributed by atoms with Gasteiger partial charge in [-0.2, -0.15) is 10.5 Å². The molecule has 0 bridgehead atoms. The molecule has 8 heteroatoms. The average Bonchev–Trinajstić information content (AvgIpc) is 2.65. The molecule has 0 spiro atoms. The van der Waals surface area contributed by atoms with E-state index in [1.165, 1.54) is 12.1 Å². The second-order valence-electron chi connectivity index (χ2n) is 6.31. The lowest BCUT2D eigenvalue weighted by atomic mass is 9.88. The van der Waals surface area contributed by atoms with Crippen LogP contribution in [0.25, 0.3) is 0 Å². The van der Waals surface area contributed by atoms with E-state index in [0.29, 0.717) is 35.1 Å². The van der Waals surface area contributed by atoms with Crippen molar-refractivity contribution >= 4 is 23.3 Å². The molecule has 0 aliphatic heterocycles. The summed E-state index contributed by atoms with van der Waals surface area (Å²) in [4.78, 5) is 22.6. The van der Waals surface area contributed by atoms with Crippen molar-refractivity contribution in [3.8, 4) is 12.1 Å². The second kappa shape index (κ2) is 7.68. The van der Waals surface area contributed by atoms with Gasteiger partial charge in [0.05, 0.1) is 34.4 Å². The van der Waals surface area contributed by atoms with Crippen LogP contribution in [0.4, 0.5) is 11.4 Å². The minimum absolute atomic E-state index is 0.0828. The molecule has 2 rings (SSSR count). The van der Waals surface area contributed by atoms with Crippen LogP contribution in [-0.2, 0) is 12.8 Å². The average molecular weight is 378 g/mol. The maximum atomic E-state index is 11.3. The number of hydrogen-bond acceptors (Lipinski definition) is 6. The SMILES string of the molecule is Cc1c(N)c(C(=O)O)cc(C#N)c1CCc1c(C#N)cc(C(=O)O)c(N)c1C. The number of aromatic carboxylic acids is 2. The zero-order valence-electron chi connectivity index (χ0n) is 15.3. The van der Waals surface area contributed by atoms with Gasteiger partial charge < -0.3 is 21.7 Å². The molecule has 0 aliphatic rings. The molecule has 2 aromatic carbocycles. The fourth-order valence-corrected chi connectivity index (χ4v) is 3.20. The van der Waals surface area contributed by atoms with Crippen molar-refractivity contribution in [3.05, 3.63) is 56.6 Å². The molecule has 142 valence electrons. The van der Waals surface area contributed by atoms with E-state index < -0.39 is 11.9 Å². The van der Waals surface area contributed by atoms with Gasteiger partial charge in [-0.15, -0.1) is 0 Å². The molecule has 0 unspecified atom stereocenters. The van der Waals surface area contributed by atoms with Crippen LogP contribution in [0.2, 0.25) is 0 Å². The molecular formula is C20H18N4O4. The Labute approximate surface area is 161 Å². The lowest BCUT2D eigenvalue weighted by Gasteiger charge is -2.16. The molecule has 0 aromatic heterocycles. The number of nitrogen functional groups attached to an aromatic ring is 2. The molecule has 2 aromatic rings. The van der Waals surface area contributed by atoms with Crippen LogP contribution in [0.1, 0.15) is 54.1 Å². The van der Waals surface area contributed by atoms with Crippen LogP contribution >= 0.6 is 0 Å². The van der Waals surface area contributed by atoms with Gasteiger partial charge in [0.2, 0.25) is 0 Å². The van der Waals surface area contributed by atoms with Gasteiger partial charge in [-0.3, -0.25) is 0 Å². The number of hydrogen-bond donors (Lipinski definition) is 4. The minimum atomic E-state index is -1.22. The fourth-order valence-electron chi connectivity index (χ4n) is 3.20. The monoisotopic (exact) mass is 378 g/mol. The molecule has 0 radical (unpaired) electrons. The molecule has 0 fully saturated rings. The van der Waals surface area contributed by atoms with E-state index in [0.717, 1.165) is 0 Å². The Bertz CT molecular complexity index is 1000. The highest BCUT2D eigenvalue weighted by molar-refractivity contribution is 5.96. The summed E-state index contributed by atoms with van der Waals surface area (Å²) in [6.45, 7) is 3.27. The first kappa shape index (κ1) is 20.3. The third-order valence-electron chi connectivity index (χ3n) is 4.85. The number of nitrogens with two attached hydrogens (primary N) is 2. The molecule has 28 heavy (non-hydrogen) atoms. The summed E-state index contributed by atoms with van der Waals surface area (Å²) in [5.74, 6) is -2.44. The van der Waals surface area contributed by atoms with Crippen molar-refractivity contribution < 1.29 is 19.8 Å². The first-order chi connectivity index (χ1) is 13.1. The van der Waals surface area contributed by atoms with E-state index in [2.05, 4.69) is 0 Å². The summed E-state index contributed by atoms with van der Waals surface area (Å²) in [5, 5.41) is 37.3. The van der Waals surface area contributed by atoms with Crippen molar-refractivity contribution in [2.75, 3.05) is 11.5 Å². The van der Waals surface area contributed by atoms with Crippen molar-refractivity contribution in [3.63, 3.8) is 0 Å². The maximum Gasteiger partial charge on any atom is 0.337 e. The largest absolute Gasteiger partial charge is 0.478 e. The number of nitriles is 2. The van der Waals surface area contributed by atoms with Crippen molar-refractivity contribution in [2.24, 2.45) is 0 Å². The normalized spacial score (nSPS) is 10.1. The Morgan fingerprint density at radius 1 is 0.857 bits per heavy atom. The van der Waals surface area contributed by atoms with Gasteiger partial charge in [0.15, 0.2) is 0 Å². The Morgan fingerprint density at radius 3 is 1.43 bits per heavy atom. The number of rotatable bonds is 5. The molecular weight excluding hydrogens is 360 g/mol. The number of benzene rings is 2. The minimum Gasteiger partial charge on any atom is -0.478 e. The van der Waals surface area contributed by atoms with Crippen LogP contribution in [0.15, 0.2) is 12.1 Å². The molecule has 0 heterocycles. The van der Waals surface area contributed by atoms with Gasteiger partial charge in [0.25, 0.3) is 0 Å². The predicted octanol–water partition coefficient (Wildman–Crippen LogP) is 2.39. The zero-order chi connectivity index (χ0) is 21.2. The van der Waals surface area contributed by atoms with Gasteiger partial charge in [-0.1, -0.05) is 0 Å². The van der Waals surface area contributed by atoms with E-state index in [-0.39, 0.29) is 33.6 Å². The van der Waals surface area contributed by atoms with Crippen LogP contribution in [-0.4, -0.2) is 22.2 Å². The maximum absolute atomic E-state index is 11.3. The number of carboxylic acid groups (broad SMARTS) is 2. The number of anilines is 2. The Hall–Kier alpha value is -4.04. The predicted molar refractivity (Wildman–Crippen MR) is 102 cm³/mol. The van der Waals surface area contributed by atoms with E-state index >= 15 is 0 Å². The van der Waals surface area contributed by atoms with Gasteiger partial charge in [0.1, 0.15) is 0 Å². The summed E-state index contributed by atoms with van der Waals surface area (Å²) in [6, 6.07) is 6.45. The van der Waals surface area contributed by atoms with Crippen LogP contribution < -0.4 is 11.5 Å². The smallest absolute Gasteiger partial charge is 0.337 e. The molecule has 0 saturated carbocycles. The third kappa shape index (κ3) is 3.44. The lowest BCUT2D eigenvalue weighted by molar-refractivity contribution is 0.0687. The summed E-state index contributed by atoms with van der Waals surface area (Å²) >= 11 is 0. The van der Waals surface area contributed by atoms with Crippen LogP contribution in [0.5, 0.6) is 0 Å². The number of carboxylic acids is 2. The Kier molecular flexibility index (Phi) is 5.56. The number of nitrogens with zero attached hydrogens (tertiary/aromatic N) is 2. The molecule has 0 saturated heterocycles. The van der Waals surface area contributed by atoms with Crippen molar-refractivity contribution in [2.45, 2.75) is 26.7 Å². The van der Waals surface area contributed by atoms with Crippen molar-refractivity contribution in [1.29, 1.82) is 10.5 Å². The van der Waals surface area contributed by atoms with Gasteiger partial charge in [-0.05, 0) is 61.1 Å². The highest BCUT2D eigenvalue weighted by atomic mass is 16.4. The third-order valence-corrected chi connectivity index (χ3v) is 4.85. The summed E-state index contributed by atoms with van der Waals surface area (Å²) in [5.41, 5.74) is 14.2. The Morgan fingerprint density at radius 2 is 1.18 bits per heavy atom. The molecule has 8 nitrogen and oxygen atoms in total. The van der Waals surface area contributed by atoms with Crippen LogP contribution in [0, 0.1) is 36.5 Å². The Balaban J connectivity index is 2.54. The van der Waals surface area contributed by atoms with Crippen LogP contribution in [0.3, 0.4) is 0 Å². The van der Waals surface area contributed by atoms with Gasteiger partial charge in [-0.25, -0.2) is 9.59 Å². The quantitative estimate of drug-likeness (QED) is 0.573. The highest BCUT2D eigenvalue weighted by Gasteiger charge is 2.20. The van der Waals surface area contributed by atoms with Gasteiger partial charge >= 0.3 is 11.9 Å². The second-order valence-corrected chi connectivity index (χ2v) is 6.31. The first-order valence-corrected chi connectivity index (χ1v) is 8.24.